The maximum Gasteiger partial charge on any atom is 0.321 e. The van der Waals surface area contributed by atoms with Crippen LogP contribution >= 0.6 is 11.6 Å². The minimum absolute atomic E-state index is 0.116. The summed E-state index contributed by atoms with van der Waals surface area (Å²) in [5.74, 6) is -1.02. The van der Waals surface area contributed by atoms with E-state index in [0.29, 0.717) is 16.8 Å². The predicted molar refractivity (Wildman–Crippen MR) is 84.9 cm³/mol. The van der Waals surface area contributed by atoms with E-state index >= 15 is 0 Å². The van der Waals surface area contributed by atoms with Gasteiger partial charge in [0.05, 0.1) is 5.69 Å². The monoisotopic (exact) mass is 340 g/mol. The molecule has 0 saturated heterocycles. The summed E-state index contributed by atoms with van der Waals surface area (Å²) in [5, 5.41) is 5.33. The SMILES string of the molecule is Cc1cc(OCNC(=O)Nc2ccc(F)cc2F)cc(C)c1Cl. The van der Waals surface area contributed by atoms with Gasteiger partial charge in [0, 0.05) is 11.1 Å². The van der Waals surface area contributed by atoms with Crippen molar-refractivity contribution in [3.8, 4) is 5.75 Å². The van der Waals surface area contributed by atoms with Crippen molar-refractivity contribution in [2.75, 3.05) is 12.0 Å². The Morgan fingerprint density at radius 1 is 1.17 bits per heavy atom. The van der Waals surface area contributed by atoms with Crippen molar-refractivity contribution in [3.63, 3.8) is 0 Å². The normalized spacial score (nSPS) is 10.3. The molecule has 0 unspecified atom stereocenters. The van der Waals surface area contributed by atoms with Gasteiger partial charge >= 0.3 is 6.03 Å². The van der Waals surface area contributed by atoms with Crippen LogP contribution in [0.3, 0.4) is 0 Å². The molecule has 2 aromatic rings. The summed E-state index contributed by atoms with van der Waals surface area (Å²) in [7, 11) is 0. The Labute approximate surface area is 137 Å². The first-order valence-electron chi connectivity index (χ1n) is 6.76. The number of aryl methyl sites for hydroxylation is 2. The van der Waals surface area contributed by atoms with Crippen molar-refractivity contribution in [1.29, 1.82) is 0 Å². The molecule has 4 nitrogen and oxygen atoms in total. The maximum absolute atomic E-state index is 13.4. The van der Waals surface area contributed by atoms with Gasteiger partial charge in [0.15, 0.2) is 6.73 Å². The lowest BCUT2D eigenvalue weighted by Crippen LogP contribution is -2.32. The summed E-state index contributed by atoms with van der Waals surface area (Å²) in [5.41, 5.74) is 1.60. The lowest BCUT2D eigenvalue weighted by molar-refractivity contribution is 0.234. The third-order valence-corrected chi connectivity index (χ3v) is 3.66. The first-order valence-corrected chi connectivity index (χ1v) is 7.14. The fourth-order valence-corrected chi connectivity index (χ4v) is 2.04. The Balaban J connectivity index is 1.87. The van der Waals surface area contributed by atoms with Gasteiger partial charge in [0.25, 0.3) is 0 Å². The van der Waals surface area contributed by atoms with Crippen LogP contribution in [0, 0.1) is 25.5 Å². The average Bonchev–Trinajstić information content (AvgIpc) is 2.47. The number of benzene rings is 2. The number of ether oxygens (including phenoxy) is 1. The van der Waals surface area contributed by atoms with E-state index in [1.165, 1.54) is 0 Å². The van der Waals surface area contributed by atoms with E-state index in [4.69, 9.17) is 16.3 Å². The summed E-state index contributed by atoms with van der Waals surface area (Å²) in [6.07, 6.45) is 0. The smallest absolute Gasteiger partial charge is 0.321 e. The van der Waals surface area contributed by atoms with Crippen LogP contribution in [-0.4, -0.2) is 12.8 Å². The number of amides is 2. The molecule has 2 amide bonds. The van der Waals surface area contributed by atoms with Gasteiger partial charge < -0.3 is 15.4 Å². The number of urea groups is 1. The number of hydrogen-bond donors (Lipinski definition) is 2. The highest BCUT2D eigenvalue weighted by molar-refractivity contribution is 6.32. The van der Waals surface area contributed by atoms with Crippen LogP contribution in [0.15, 0.2) is 30.3 Å². The molecule has 2 N–H and O–H groups in total. The van der Waals surface area contributed by atoms with Gasteiger partial charge in [-0.05, 0) is 49.2 Å². The number of rotatable bonds is 4. The molecule has 7 heteroatoms. The average molecular weight is 341 g/mol. The van der Waals surface area contributed by atoms with E-state index in [9.17, 15) is 13.6 Å². The molecule has 122 valence electrons. The molecule has 23 heavy (non-hydrogen) atoms. The van der Waals surface area contributed by atoms with Crippen LogP contribution in [-0.2, 0) is 0 Å². The lowest BCUT2D eigenvalue weighted by Gasteiger charge is -2.12. The molecule has 2 aromatic carbocycles. The standard InChI is InChI=1S/C16H15ClF2N2O2/c1-9-5-12(6-10(2)15(9)17)23-8-20-16(22)21-14-4-3-11(18)7-13(14)19/h3-7H,8H2,1-2H3,(H2,20,21,22). The summed E-state index contributed by atoms with van der Waals surface area (Å²) in [6, 6.07) is 5.69. The van der Waals surface area contributed by atoms with Crippen molar-refractivity contribution in [3.05, 3.63) is 58.1 Å². The number of anilines is 1. The van der Waals surface area contributed by atoms with Gasteiger partial charge in [-0.1, -0.05) is 11.6 Å². The number of carbonyl (C=O) groups excluding carboxylic acids is 1. The number of carbonyl (C=O) groups is 1. The third kappa shape index (κ3) is 4.56. The second kappa shape index (κ2) is 7.28. The largest absolute Gasteiger partial charge is 0.473 e. The fourth-order valence-electron chi connectivity index (χ4n) is 1.93. The molecule has 0 bridgehead atoms. The molecule has 0 aliphatic rings. The molecule has 0 saturated carbocycles. The van der Waals surface area contributed by atoms with E-state index in [-0.39, 0.29) is 12.4 Å². The van der Waals surface area contributed by atoms with E-state index < -0.39 is 17.7 Å². The summed E-state index contributed by atoms with van der Waals surface area (Å²) in [4.78, 5) is 11.6. The van der Waals surface area contributed by atoms with Gasteiger partial charge in [-0.2, -0.15) is 0 Å². The van der Waals surface area contributed by atoms with Gasteiger partial charge in [-0.25, -0.2) is 13.6 Å². The maximum atomic E-state index is 13.4. The highest BCUT2D eigenvalue weighted by Gasteiger charge is 2.08. The molecule has 0 aliphatic heterocycles. The fraction of sp³-hybridized carbons (Fsp3) is 0.188. The van der Waals surface area contributed by atoms with Crippen molar-refractivity contribution in [1.82, 2.24) is 5.32 Å². The van der Waals surface area contributed by atoms with Crippen LogP contribution in [0.25, 0.3) is 0 Å². The number of nitrogens with one attached hydrogen (secondary N) is 2. The summed E-state index contributed by atoms with van der Waals surface area (Å²) >= 11 is 6.05. The molecule has 0 spiro atoms. The highest BCUT2D eigenvalue weighted by atomic mass is 35.5. The second-order valence-corrected chi connectivity index (χ2v) is 5.29. The molecule has 0 aliphatic carbocycles. The Bertz CT molecular complexity index is 715. The first-order chi connectivity index (χ1) is 10.9. The third-order valence-electron chi connectivity index (χ3n) is 3.06. The van der Waals surface area contributed by atoms with E-state index in [2.05, 4.69) is 10.6 Å². The lowest BCUT2D eigenvalue weighted by atomic mass is 10.1. The molecule has 2 rings (SSSR count). The zero-order chi connectivity index (χ0) is 17.0. The second-order valence-electron chi connectivity index (χ2n) is 4.91. The first kappa shape index (κ1) is 17.0. The van der Waals surface area contributed by atoms with Crippen molar-refractivity contribution >= 4 is 23.3 Å². The molecular weight excluding hydrogens is 326 g/mol. The Morgan fingerprint density at radius 2 is 1.83 bits per heavy atom. The quantitative estimate of drug-likeness (QED) is 0.811. The molecule has 0 heterocycles. The van der Waals surface area contributed by atoms with Gasteiger partial charge in [-0.15, -0.1) is 0 Å². The van der Waals surface area contributed by atoms with Crippen LogP contribution in [0.1, 0.15) is 11.1 Å². The Kier molecular flexibility index (Phi) is 5.39. The van der Waals surface area contributed by atoms with Gasteiger partial charge in [-0.3, -0.25) is 0 Å². The molecule has 0 radical (unpaired) electrons. The number of hydrogen-bond acceptors (Lipinski definition) is 2. The van der Waals surface area contributed by atoms with Crippen molar-refractivity contribution < 1.29 is 18.3 Å². The van der Waals surface area contributed by atoms with Crippen molar-refractivity contribution in [2.45, 2.75) is 13.8 Å². The molecule has 0 fully saturated rings. The van der Waals surface area contributed by atoms with Crippen LogP contribution in [0.4, 0.5) is 19.3 Å². The summed E-state index contributed by atoms with van der Waals surface area (Å²) in [6.45, 7) is 3.58. The highest BCUT2D eigenvalue weighted by Crippen LogP contribution is 2.25. The Hall–Kier alpha value is -2.34. The van der Waals surface area contributed by atoms with Crippen molar-refractivity contribution in [2.24, 2.45) is 0 Å². The van der Waals surface area contributed by atoms with E-state index in [0.717, 1.165) is 23.3 Å². The zero-order valence-corrected chi connectivity index (χ0v) is 13.3. The van der Waals surface area contributed by atoms with Crippen LogP contribution < -0.4 is 15.4 Å². The topological polar surface area (TPSA) is 50.4 Å². The zero-order valence-electron chi connectivity index (χ0n) is 12.5. The van der Waals surface area contributed by atoms with Crippen LogP contribution in [0.5, 0.6) is 5.75 Å². The Morgan fingerprint density at radius 3 is 2.43 bits per heavy atom. The minimum Gasteiger partial charge on any atom is -0.473 e. The van der Waals surface area contributed by atoms with E-state index in [1.54, 1.807) is 12.1 Å². The van der Waals surface area contributed by atoms with Gasteiger partial charge in [0.1, 0.15) is 17.4 Å². The summed E-state index contributed by atoms with van der Waals surface area (Å²) < 4.78 is 31.6. The molecule has 0 atom stereocenters. The van der Waals surface area contributed by atoms with Gasteiger partial charge in [0.2, 0.25) is 0 Å². The predicted octanol–water partition coefficient (Wildman–Crippen LogP) is 4.39. The number of halogens is 3. The molecule has 0 aromatic heterocycles. The minimum atomic E-state index is -0.856. The van der Waals surface area contributed by atoms with E-state index in [1.807, 2.05) is 13.8 Å². The van der Waals surface area contributed by atoms with Crippen LogP contribution in [0.2, 0.25) is 5.02 Å². The molecular formula is C16H15ClF2N2O2.